The molecule has 5 nitrogen and oxygen atoms in total. The summed E-state index contributed by atoms with van der Waals surface area (Å²) in [7, 11) is 0. The van der Waals surface area contributed by atoms with Gasteiger partial charge in [0.05, 0.1) is 11.0 Å². The minimum atomic E-state index is 0.680. The largest absolute Gasteiger partial charge is 0.311 e. The predicted molar refractivity (Wildman–Crippen MR) is 213 cm³/mol. The molecule has 0 saturated heterocycles. The molecule has 0 aliphatic heterocycles. The average Bonchev–Trinajstić information content (AvgIpc) is 3.77. The number of hydrogen-bond donors (Lipinski definition) is 0. The second kappa shape index (κ2) is 14.2. The van der Waals surface area contributed by atoms with E-state index >= 15 is 0 Å². The van der Waals surface area contributed by atoms with Crippen molar-refractivity contribution in [1.29, 1.82) is 0 Å². The summed E-state index contributed by atoms with van der Waals surface area (Å²) in [4.78, 5) is 2.30. The number of allylic oxidation sites excluding steroid dienone is 4. The van der Waals surface area contributed by atoms with Crippen LogP contribution >= 0.6 is 0 Å². The molecule has 0 atom stereocenters. The molecule has 51 heavy (non-hydrogen) atoms. The molecule has 0 amide bonds. The number of fused-ring (bicyclic) bond motifs is 3. The van der Waals surface area contributed by atoms with E-state index in [1.165, 1.54) is 27.4 Å². The minimum Gasteiger partial charge on any atom is -0.311 e. The molecular formula is C46H39N5. The van der Waals surface area contributed by atoms with Crippen LogP contribution in [0, 0.1) is 0 Å². The van der Waals surface area contributed by atoms with Crippen LogP contribution in [-0.2, 0) is 6.42 Å². The number of aromatic nitrogens is 4. The summed E-state index contributed by atoms with van der Waals surface area (Å²) >= 11 is 0. The molecule has 248 valence electrons. The Morgan fingerprint density at radius 1 is 0.569 bits per heavy atom. The zero-order valence-corrected chi connectivity index (χ0v) is 28.9. The first-order valence-electron chi connectivity index (χ1n) is 17.6. The molecule has 0 spiro atoms. The fourth-order valence-electron chi connectivity index (χ4n) is 6.74. The molecular weight excluding hydrogens is 623 g/mol. The maximum Gasteiger partial charge on any atom is 0.168 e. The van der Waals surface area contributed by atoms with E-state index in [-0.39, 0.29) is 0 Å². The van der Waals surface area contributed by atoms with E-state index < -0.39 is 0 Å². The molecule has 0 radical (unpaired) electrons. The second-order valence-electron chi connectivity index (χ2n) is 12.7. The lowest BCUT2D eigenvalue weighted by atomic mass is 10.1. The van der Waals surface area contributed by atoms with Gasteiger partial charge in [-0.25, -0.2) is 0 Å². The predicted octanol–water partition coefficient (Wildman–Crippen LogP) is 12.0. The van der Waals surface area contributed by atoms with Crippen LogP contribution in [0.25, 0.3) is 44.6 Å². The van der Waals surface area contributed by atoms with Crippen molar-refractivity contribution in [3.8, 4) is 22.8 Å². The number of hydrogen-bond acceptors (Lipinski definition) is 3. The highest BCUT2D eigenvalue weighted by Crippen LogP contribution is 2.37. The van der Waals surface area contributed by atoms with E-state index in [0.29, 0.717) is 6.42 Å². The lowest BCUT2D eigenvalue weighted by Crippen LogP contribution is -2.10. The molecule has 8 rings (SSSR count). The summed E-state index contributed by atoms with van der Waals surface area (Å²) in [5.74, 6) is 1.71. The van der Waals surface area contributed by atoms with E-state index in [0.717, 1.165) is 52.1 Å². The summed E-state index contributed by atoms with van der Waals surface area (Å²) in [5.41, 5.74) is 10.1. The zero-order valence-electron chi connectivity index (χ0n) is 28.9. The third-order valence-corrected chi connectivity index (χ3v) is 9.46. The molecule has 8 aromatic rings. The molecule has 0 N–H and O–H groups in total. The Balaban J connectivity index is 1.15. The van der Waals surface area contributed by atoms with E-state index in [9.17, 15) is 0 Å². The maximum atomic E-state index is 4.71. The van der Waals surface area contributed by atoms with Crippen LogP contribution in [-0.4, -0.2) is 19.3 Å². The third-order valence-electron chi connectivity index (χ3n) is 9.46. The summed E-state index contributed by atoms with van der Waals surface area (Å²) in [6.45, 7) is 4.32. The first kappa shape index (κ1) is 31.8. The molecule has 6 aromatic carbocycles. The molecule has 0 aliphatic carbocycles. The van der Waals surface area contributed by atoms with Gasteiger partial charge in [0.15, 0.2) is 5.82 Å². The van der Waals surface area contributed by atoms with E-state index in [1.54, 1.807) is 0 Å². The third kappa shape index (κ3) is 6.26. The molecule has 0 unspecified atom stereocenters. The van der Waals surface area contributed by atoms with Crippen molar-refractivity contribution in [2.45, 2.75) is 26.7 Å². The fraction of sp³-hybridized carbons (Fsp3) is 0.0870. The number of anilines is 3. The van der Waals surface area contributed by atoms with Crippen LogP contribution in [0.3, 0.4) is 0 Å². The highest BCUT2D eigenvalue weighted by molar-refractivity contribution is 6.09. The Hall–Kier alpha value is -6.46. The summed E-state index contributed by atoms with van der Waals surface area (Å²) in [6, 6.07) is 55.6. The van der Waals surface area contributed by atoms with Crippen LogP contribution in [0.1, 0.15) is 26.1 Å². The first-order valence-corrected chi connectivity index (χ1v) is 17.6. The standard InChI is InChI=1S/C46H39N5/c1-3-34(2)16-10-15-25-45-47-48-46(51(45)37-19-8-5-9-20-37)35-26-28-38(29-27-35)49(36-17-6-4-7-18-36)39-30-32-40(33-31-39)50-43-23-13-11-21-41(43)42-22-12-14-24-44(42)50/h4-24,26-33H,3,25H2,1-2H3/b15-10-,34-16-. The van der Waals surface area contributed by atoms with Crippen molar-refractivity contribution in [3.05, 3.63) is 187 Å². The van der Waals surface area contributed by atoms with Crippen LogP contribution in [0.15, 0.2) is 182 Å². The SMILES string of the molecule is CC/C(C)=C\C=C/Cc1nnc(-c2ccc(N(c3ccccc3)c3ccc(-n4c5ccccc5c5ccccc54)cc3)cc2)n1-c1ccccc1. The van der Waals surface area contributed by atoms with E-state index in [2.05, 4.69) is 203 Å². The van der Waals surface area contributed by atoms with Crippen molar-refractivity contribution < 1.29 is 0 Å². The normalized spacial score (nSPS) is 11.9. The fourth-order valence-corrected chi connectivity index (χ4v) is 6.74. The molecule has 5 heteroatoms. The highest BCUT2D eigenvalue weighted by Gasteiger charge is 2.18. The van der Waals surface area contributed by atoms with Gasteiger partial charge in [0.25, 0.3) is 0 Å². The quantitative estimate of drug-likeness (QED) is 0.137. The molecule has 0 fully saturated rings. The van der Waals surface area contributed by atoms with Crippen LogP contribution in [0.4, 0.5) is 17.1 Å². The van der Waals surface area contributed by atoms with Gasteiger partial charge in [-0.1, -0.05) is 104 Å². The lowest BCUT2D eigenvalue weighted by molar-refractivity contribution is 0.922. The van der Waals surface area contributed by atoms with Crippen molar-refractivity contribution in [3.63, 3.8) is 0 Å². The van der Waals surface area contributed by atoms with Crippen molar-refractivity contribution in [2.75, 3.05) is 4.90 Å². The van der Waals surface area contributed by atoms with Gasteiger partial charge in [-0.05, 0) is 98.3 Å². The number of para-hydroxylation sites is 4. The molecule has 2 heterocycles. The summed E-state index contributed by atoms with van der Waals surface area (Å²) in [5, 5.41) is 11.9. The zero-order chi connectivity index (χ0) is 34.6. The summed E-state index contributed by atoms with van der Waals surface area (Å²) in [6.07, 6.45) is 8.16. The van der Waals surface area contributed by atoms with Gasteiger partial charge in [-0.15, -0.1) is 10.2 Å². The van der Waals surface area contributed by atoms with E-state index in [1.807, 2.05) is 6.07 Å². The average molecular weight is 662 g/mol. The van der Waals surface area contributed by atoms with Crippen molar-refractivity contribution in [1.82, 2.24) is 19.3 Å². The molecule has 2 aromatic heterocycles. The Morgan fingerprint density at radius 2 is 1.10 bits per heavy atom. The van der Waals surface area contributed by atoms with E-state index in [4.69, 9.17) is 5.10 Å². The molecule has 0 bridgehead atoms. The van der Waals surface area contributed by atoms with Crippen LogP contribution in [0.5, 0.6) is 0 Å². The minimum absolute atomic E-state index is 0.680. The Kier molecular flexibility index (Phi) is 8.84. The Morgan fingerprint density at radius 3 is 1.73 bits per heavy atom. The smallest absolute Gasteiger partial charge is 0.168 e. The Bertz CT molecular complexity index is 2420. The van der Waals surface area contributed by atoms with Crippen LogP contribution in [0.2, 0.25) is 0 Å². The summed E-state index contributed by atoms with van der Waals surface area (Å²) < 4.78 is 4.52. The van der Waals surface area contributed by atoms with Gasteiger partial charge >= 0.3 is 0 Å². The maximum absolute atomic E-state index is 4.71. The molecule has 0 aliphatic rings. The first-order chi connectivity index (χ1) is 25.2. The number of nitrogens with zero attached hydrogens (tertiary/aromatic N) is 5. The highest BCUT2D eigenvalue weighted by atomic mass is 15.3. The van der Waals surface area contributed by atoms with Gasteiger partial charge in [-0.3, -0.25) is 4.57 Å². The Labute approximate surface area is 299 Å². The van der Waals surface area contributed by atoms with Gasteiger partial charge in [0.1, 0.15) is 5.82 Å². The van der Waals surface area contributed by atoms with Gasteiger partial charge in [0.2, 0.25) is 0 Å². The van der Waals surface area contributed by atoms with Crippen molar-refractivity contribution >= 4 is 38.9 Å². The van der Waals surface area contributed by atoms with Gasteiger partial charge in [-0.2, -0.15) is 0 Å². The molecule has 0 saturated carbocycles. The lowest BCUT2D eigenvalue weighted by Gasteiger charge is -2.26. The van der Waals surface area contributed by atoms with Crippen LogP contribution < -0.4 is 4.90 Å². The van der Waals surface area contributed by atoms with Gasteiger partial charge in [0, 0.05) is 51.2 Å². The van der Waals surface area contributed by atoms with Gasteiger partial charge < -0.3 is 9.47 Å². The second-order valence-corrected chi connectivity index (χ2v) is 12.7. The van der Waals surface area contributed by atoms with Crippen molar-refractivity contribution in [2.24, 2.45) is 0 Å². The number of benzene rings is 6. The topological polar surface area (TPSA) is 38.9 Å². The monoisotopic (exact) mass is 661 g/mol. The number of rotatable bonds is 10.